The van der Waals surface area contributed by atoms with Crippen molar-refractivity contribution in [3.8, 4) is 0 Å². The number of anilines is 1. The molecular formula is C48H74N6+4. The molecule has 0 aromatic heterocycles. The lowest BCUT2D eigenvalue weighted by molar-refractivity contribution is -0.891. The van der Waals surface area contributed by atoms with E-state index in [1.54, 1.807) is 0 Å². The zero-order valence-electron chi connectivity index (χ0n) is 36.4. The van der Waals surface area contributed by atoms with Crippen LogP contribution in [0.25, 0.3) is 0 Å². The maximum atomic E-state index is 5.87. The fourth-order valence-electron chi connectivity index (χ4n) is 9.01. The predicted molar refractivity (Wildman–Crippen MR) is 237 cm³/mol. The number of rotatable bonds is 16. The van der Waals surface area contributed by atoms with Crippen LogP contribution in [-0.4, -0.2) is 103 Å². The van der Waals surface area contributed by atoms with Gasteiger partial charge in [-0.15, -0.1) is 0 Å². The topological polar surface area (TPSA) is 32.3 Å². The van der Waals surface area contributed by atoms with Crippen LogP contribution >= 0.6 is 0 Å². The molecule has 0 amide bonds. The van der Waals surface area contributed by atoms with Crippen LogP contribution in [0.15, 0.2) is 84.6 Å². The van der Waals surface area contributed by atoms with Crippen LogP contribution in [0.1, 0.15) is 76.1 Å². The molecule has 0 fully saturated rings. The van der Waals surface area contributed by atoms with Crippen molar-refractivity contribution in [1.82, 2.24) is 8.97 Å². The number of fused-ring (bicyclic) bond motifs is 2. The van der Waals surface area contributed by atoms with E-state index in [0.717, 1.165) is 78.5 Å². The van der Waals surface area contributed by atoms with Crippen molar-refractivity contribution in [2.24, 2.45) is 5.73 Å². The largest absolute Gasteiger partial charge is 0.344 e. The lowest BCUT2D eigenvalue weighted by Gasteiger charge is -2.33. The van der Waals surface area contributed by atoms with Gasteiger partial charge < -0.3 is 15.1 Å². The van der Waals surface area contributed by atoms with Crippen molar-refractivity contribution in [2.75, 3.05) is 93.0 Å². The highest BCUT2D eigenvalue weighted by Crippen LogP contribution is 2.49. The molecule has 3 aromatic rings. The molecule has 0 unspecified atom stereocenters. The summed E-state index contributed by atoms with van der Waals surface area (Å²) in [4.78, 5) is 2.64. The molecule has 2 heterocycles. The van der Waals surface area contributed by atoms with E-state index >= 15 is 0 Å². The monoisotopic (exact) mass is 735 g/mol. The number of para-hydroxylation sites is 2. The molecule has 3 aromatic carbocycles. The number of quaternary nitrogens is 3. The van der Waals surface area contributed by atoms with E-state index in [0.29, 0.717) is 0 Å². The van der Waals surface area contributed by atoms with Gasteiger partial charge >= 0.3 is 0 Å². The van der Waals surface area contributed by atoms with Crippen LogP contribution < -0.4 is 19.6 Å². The highest BCUT2D eigenvalue weighted by molar-refractivity contribution is 6.03. The standard InChI is InChI=1S/C48H74N6/c1-14-53(10,11)39-27-29-40(30-28-39)54(12,13)36-20-33-51-44(48(6,7)42-24-16-22-38(3)46(42)51)26-17-25-43-47(4,5)41-23-15-21-37(2)45(41)50(43)32-19-35-52(8,9)34-18-31-49/h15-17,21-30H,14,18-20,31-36,49H2,1-13H3/q+4. The van der Waals surface area contributed by atoms with Gasteiger partial charge in [-0.1, -0.05) is 56.3 Å². The van der Waals surface area contributed by atoms with Crippen molar-refractivity contribution < 1.29 is 9.06 Å². The molecule has 0 radical (unpaired) electrons. The number of nitrogens with two attached hydrogens (primary N) is 1. The van der Waals surface area contributed by atoms with E-state index in [2.05, 4.69) is 179 Å². The molecule has 0 atom stereocenters. The lowest BCUT2D eigenvalue weighted by Crippen LogP contribution is -2.43. The fraction of sp³-hybridized carbons (Fsp3) is 0.521. The Labute approximate surface area is 329 Å². The zero-order chi connectivity index (χ0) is 39.7. The Morgan fingerprint density at radius 1 is 0.704 bits per heavy atom. The summed E-state index contributed by atoms with van der Waals surface area (Å²) in [5, 5.41) is 0. The molecule has 0 saturated carbocycles. The number of hydrogen-bond donors (Lipinski definition) is 1. The fourth-order valence-corrected chi connectivity index (χ4v) is 9.01. The molecule has 2 aliphatic rings. The minimum Gasteiger partial charge on any atom is -0.344 e. The Bertz CT molecular complexity index is 1890. The Kier molecular flexibility index (Phi) is 12.2. The van der Waals surface area contributed by atoms with Crippen LogP contribution in [0.2, 0.25) is 0 Å². The third-order valence-electron chi connectivity index (χ3n) is 13.0. The first-order valence-corrected chi connectivity index (χ1v) is 20.6. The highest BCUT2D eigenvalue weighted by Gasteiger charge is 2.45. The predicted octanol–water partition coefficient (Wildman–Crippen LogP) is 8.98. The molecule has 0 saturated heterocycles. The molecule has 5 rings (SSSR count). The molecule has 292 valence electrons. The van der Waals surface area contributed by atoms with Crippen LogP contribution in [0.3, 0.4) is 0 Å². The summed E-state index contributed by atoms with van der Waals surface area (Å²) in [6.07, 6.45) is 10.5. The van der Waals surface area contributed by atoms with Crippen LogP contribution in [0.4, 0.5) is 22.7 Å². The maximum absolute atomic E-state index is 5.87. The van der Waals surface area contributed by atoms with Crippen molar-refractivity contribution in [3.05, 3.63) is 107 Å². The molecule has 0 spiro atoms. The smallest absolute Gasteiger partial charge is 0.212 e. The van der Waals surface area contributed by atoms with Crippen molar-refractivity contribution >= 4 is 28.5 Å². The lowest BCUT2D eigenvalue weighted by atomic mass is 9.80. The SMILES string of the molecule is CC[N+](C)(C)c1ccc([N+](C)(C)CCCN2/C(=C/C=C/C3=[N+](CCC[N+](C)(C)CCCN)c4c(C)cccc4C3(C)C)C(C)(C)c3cccc(C)c32)cc1. The number of aryl methyl sites for hydroxylation is 2. The molecule has 2 N–H and O–H groups in total. The number of allylic oxidation sites excluding steroid dienone is 4. The first-order valence-electron chi connectivity index (χ1n) is 20.6. The van der Waals surface area contributed by atoms with Gasteiger partial charge in [0, 0.05) is 77.7 Å². The van der Waals surface area contributed by atoms with Gasteiger partial charge in [-0.2, -0.15) is 4.58 Å². The zero-order valence-corrected chi connectivity index (χ0v) is 36.4. The van der Waals surface area contributed by atoms with E-state index in [1.165, 1.54) is 56.4 Å². The number of nitrogens with zero attached hydrogens (tertiary/aromatic N) is 5. The molecular weight excluding hydrogens is 661 g/mol. The van der Waals surface area contributed by atoms with E-state index in [4.69, 9.17) is 5.73 Å². The van der Waals surface area contributed by atoms with Gasteiger partial charge in [-0.3, -0.25) is 8.97 Å². The van der Waals surface area contributed by atoms with Crippen LogP contribution in [0.5, 0.6) is 0 Å². The van der Waals surface area contributed by atoms with Crippen molar-refractivity contribution in [3.63, 3.8) is 0 Å². The first kappa shape index (κ1) is 41.6. The molecule has 0 aliphatic carbocycles. The van der Waals surface area contributed by atoms with Crippen LogP contribution in [-0.2, 0) is 10.8 Å². The summed E-state index contributed by atoms with van der Waals surface area (Å²) in [6, 6.07) is 23.0. The Hall–Kier alpha value is -3.55. The summed E-state index contributed by atoms with van der Waals surface area (Å²) in [6.45, 7) is 23.6. The summed E-state index contributed by atoms with van der Waals surface area (Å²) in [7, 11) is 14.0. The van der Waals surface area contributed by atoms with Gasteiger partial charge in [-0.25, -0.2) is 0 Å². The second-order valence-electron chi connectivity index (χ2n) is 19.0. The Morgan fingerprint density at radius 2 is 1.30 bits per heavy atom. The minimum atomic E-state index is -0.0989. The van der Waals surface area contributed by atoms with Gasteiger partial charge in [0.1, 0.15) is 11.4 Å². The maximum Gasteiger partial charge on any atom is 0.212 e. The molecule has 54 heavy (non-hydrogen) atoms. The van der Waals surface area contributed by atoms with Crippen molar-refractivity contribution in [2.45, 2.75) is 78.6 Å². The van der Waals surface area contributed by atoms with Gasteiger partial charge in [0.05, 0.1) is 80.3 Å². The summed E-state index contributed by atoms with van der Waals surface area (Å²) < 4.78 is 5.41. The quantitative estimate of drug-likeness (QED) is 0.118. The minimum absolute atomic E-state index is 0.0856. The molecule has 6 nitrogen and oxygen atoms in total. The molecule has 0 bridgehead atoms. The third kappa shape index (κ3) is 8.33. The summed E-state index contributed by atoms with van der Waals surface area (Å²) in [5.41, 5.74) is 19.5. The van der Waals surface area contributed by atoms with E-state index < -0.39 is 0 Å². The second-order valence-corrected chi connectivity index (χ2v) is 19.0. The third-order valence-corrected chi connectivity index (χ3v) is 13.0. The normalized spacial score (nSPS) is 17.6. The summed E-state index contributed by atoms with van der Waals surface area (Å²) in [5.74, 6) is 0. The van der Waals surface area contributed by atoms with Crippen molar-refractivity contribution in [1.29, 1.82) is 0 Å². The van der Waals surface area contributed by atoms with Gasteiger partial charge in [0.15, 0.2) is 12.3 Å². The van der Waals surface area contributed by atoms with Gasteiger partial charge in [0.25, 0.3) is 0 Å². The first-order chi connectivity index (χ1) is 25.3. The van der Waals surface area contributed by atoms with Gasteiger partial charge in [0.2, 0.25) is 5.69 Å². The van der Waals surface area contributed by atoms with E-state index in [-0.39, 0.29) is 10.8 Å². The second kappa shape index (κ2) is 15.9. The average molecular weight is 735 g/mol. The van der Waals surface area contributed by atoms with E-state index in [1.807, 2.05) is 0 Å². The number of hydrogen-bond acceptors (Lipinski definition) is 2. The molecule has 6 heteroatoms. The molecule has 2 aliphatic heterocycles. The Balaban J connectivity index is 1.44. The Morgan fingerprint density at radius 3 is 1.93 bits per heavy atom. The average Bonchev–Trinajstić information content (AvgIpc) is 3.47. The number of benzene rings is 3. The van der Waals surface area contributed by atoms with Crippen LogP contribution in [0, 0.1) is 13.8 Å². The van der Waals surface area contributed by atoms with E-state index in [9.17, 15) is 0 Å². The summed E-state index contributed by atoms with van der Waals surface area (Å²) >= 11 is 0. The van der Waals surface area contributed by atoms with Gasteiger partial charge in [-0.05, 0) is 58.4 Å². The highest BCUT2D eigenvalue weighted by atomic mass is 15.3.